The Kier molecular flexibility index (Phi) is 4.81. The number of hydrogen-bond acceptors (Lipinski definition) is 5. The van der Waals surface area contributed by atoms with Gasteiger partial charge in [0.25, 0.3) is 11.8 Å². The maximum atomic E-state index is 12.3. The van der Waals surface area contributed by atoms with Crippen LogP contribution >= 0.6 is 0 Å². The summed E-state index contributed by atoms with van der Waals surface area (Å²) in [7, 11) is 0. The van der Waals surface area contributed by atoms with Crippen molar-refractivity contribution in [3.63, 3.8) is 0 Å². The number of anilines is 1. The molecule has 3 heterocycles. The Morgan fingerprint density at radius 2 is 2.22 bits per heavy atom. The Morgan fingerprint density at radius 1 is 1.37 bits per heavy atom. The van der Waals surface area contributed by atoms with E-state index in [1.54, 1.807) is 0 Å². The van der Waals surface area contributed by atoms with Crippen LogP contribution in [0.5, 0.6) is 0 Å². The van der Waals surface area contributed by atoms with E-state index in [0.717, 1.165) is 25.9 Å². The number of aliphatic hydroxyl groups excluding tert-OH is 1. The van der Waals surface area contributed by atoms with Gasteiger partial charge >= 0.3 is 0 Å². The molecule has 0 aliphatic carbocycles. The molecule has 142 valence electrons. The molecular formula is C19H23N5O3. The predicted octanol–water partition coefficient (Wildman–Crippen LogP) is 0.170. The number of amides is 2. The van der Waals surface area contributed by atoms with Crippen molar-refractivity contribution in [2.24, 2.45) is 0 Å². The van der Waals surface area contributed by atoms with Crippen LogP contribution in [0.2, 0.25) is 0 Å². The van der Waals surface area contributed by atoms with Gasteiger partial charge in [0.05, 0.1) is 12.6 Å². The van der Waals surface area contributed by atoms with Crippen LogP contribution < -0.4 is 15.5 Å². The molecule has 3 N–H and O–H groups in total. The van der Waals surface area contributed by atoms with E-state index in [9.17, 15) is 14.7 Å². The van der Waals surface area contributed by atoms with Crippen LogP contribution in [-0.2, 0) is 13.0 Å². The second kappa shape index (κ2) is 7.40. The van der Waals surface area contributed by atoms with Gasteiger partial charge in [-0.05, 0) is 24.5 Å². The van der Waals surface area contributed by atoms with E-state index in [1.807, 2.05) is 0 Å². The Labute approximate surface area is 157 Å². The molecule has 0 unspecified atom stereocenters. The third kappa shape index (κ3) is 3.66. The predicted molar refractivity (Wildman–Crippen MR) is 99.9 cm³/mol. The van der Waals surface area contributed by atoms with Crippen molar-refractivity contribution in [2.45, 2.75) is 25.5 Å². The second-order valence-corrected chi connectivity index (χ2v) is 6.94. The van der Waals surface area contributed by atoms with Crippen LogP contribution in [0.3, 0.4) is 0 Å². The highest BCUT2D eigenvalue weighted by molar-refractivity contribution is 5.98. The number of carbonyl (C=O) groups excluding carboxylic acids is 2. The number of aromatic nitrogens is 2. The molecular weight excluding hydrogens is 346 g/mol. The fourth-order valence-electron chi connectivity index (χ4n) is 3.62. The van der Waals surface area contributed by atoms with Gasteiger partial charge in [0.15, 0.2) is 5.69 Å². The van der Waals surface area contributed by atoms with Gasteiger partial charge in [-0.2, -0.15) is 5.10 Å². The van der Waals surface area contributed by atoms with Crippen LogP contribution in [0.4, 0.5) is 5.69 Å². The second-order valence-electron chi connectivity index (χ2n) is 6.94. The lowest BCUT2D eigenvalue weighted by Gasteiger charge is -2.19. The summed E-state index contributed by atoms with van der Waals surface area (Å²) < 4.78 is 1.39. The number of para-hydroxylation sites is 1. The first-order valence-electron chi connectivity index (χ1n) is 9.27. The zero-order chi connectivity index (χ0) is 18.8. The number of β-amino-alcohol motifs (C(OH)–C–C–N with tert-alkyl or cyclic N) is 1. The van der Waals surface area contributed by atoms with Gasteiger partial charge < -0.3 is 20.6 Å². The first kappa shape index (κ1) is 17.5. The molecule has 1 atom stereocenters. The van der Waals surface area contributed by atoms with Crippen molar-refractivity contribution < 1.29 is 14.7 Å². The minimum Gasteiger partial charge on any atom is -0.389 e. The summed E-state index contributed by atoms with van der Waals surface area (Å²) in [4.78, 5) is 26.7. The summed E-state index contributed by atoms with van der Waals surface area (Å²) in [6.45, 7) is 2.80. The normalized spacial score (nSPS) is 18.5. The number of nitrogens with one attached hydrogen (secondary N) is 2. The standard InChI is InChI=1S/C19H23N5O3/c25-14-11-21-19(27)17-10-15(22-24(17)12-14)18(26)20-7-3-8-23-9-6-13-4-1-2-5-16(13)23/h1-2,4-5,10,14,25H,3,6-9,11-12H2,(H,20,26)(H,21,27)/t14-/m0/s1. The van der Waals surface area contributed by atoms with E-state index in [2.05, 4.69) is 44.9 Å². The minimum atomic E-state index is -0.714. The molecule has 1 aromatic heterocycles. The largest absolute Gasteiger partial charge is 0.389 e. The molecule has 0 saturated carbocycles. The first-order valence-corrected chi connectivity index (χ1v) is 9.27. The summed E-state index contributed by atoms with van der Waals surface area (Å²) in [6.07, 6.45) is 1.18. The summed E-state index contributed by atoms with van der Waals surface area (Å²) >= 11 is 0. The molecule has 27 heavy (non-hydrogen) atoms. The molecule has 4 rings (SSSR count). The van der Waals surface area contributed by atoms with E-state index < -0.39 is 6.10 Å². The van der Waals surface area contributed by atoms with Gasteiger partial charge in [-0.15, -0.1) is 0 Å². The molecule has 0 saturated heterocycles. The summed E-state index contributed by atoms with van der Waals surface area (Å²) in [5.41, 5.74) is 3.15. The zero-order valence-electron chi connectivity index (χ0n) is 15.0. The lowest BCUT2D eigenvalue weighted by atomic mass is 10.2. The molecule has 0 spiro atoms. The van der Waals surface area contributed by atoms with Gasteiger partial charge in [0.1, 0.15) is 5.69 Å². The van der Waals surface area contributed by atoms with Crippen LogP contribution in [-0.4, -0.2) is 59.0 Å². The Morgan fingerprint density at radius 3 is 3.11 bits per heavy atom. The molecule has 0 radical (unpaired) electrons. The van der Waals surface area contributed by atoms with Crippen molar-refractivity contribution in [3.8, 4) is 0 Å². The van der Waals surface area contributed by atoms with Crippen LogP contribution in [0.15, 0.2) is 30.3 Å². The van der Waals surface area contributed by atoms with Gasteiger partial charge in [0.2, 0.25) is 0 Å². The summed E-state index contributed by atoms with van der Waals surface area (Å²) in [5, 5.41) is 19.4. The van der Waals surface area contributed by atoms with Crippen molar-refractivity contribution in [2.75, 3.05) is 31.1 Å². The molecule has 0 fully saturated rings. The SMILES string of the molecule is O=C(NCCCN1CCc2ccccc21)c1cc2n(n1)C[C@@H](O)CNC2=O. The number of aliphatic hydroxyl groups is 1. The van der Waals surface area contributed by atoms with E-state index in [4.69, 9.17) is 0 Å². The van der Waals surface area contributed by atoms with Gasteiger partial charge in [-0.1, -0.05) is 18.2 Å². The third-order valence-electron chi connectivity index (χ3n) is 5.00. The van der Waals surface area contributed by atoms with Crippen molar-refractivity contribution in [1.29, 1.82) is 0 Å². The smallest absolute Gasteiger partial charge is 0.271 e. The Hall–Kier alpha value is -2.87. The fourth-order valence-corrected chi connectivity index (χ4v) is 3.62. The molecule has 0 bridgehead atoms. The van der Waals surface area contributed by atoms with Gasteiger partial charge in [-0.3, -0.25) is 14.3 Å². The summed E-state index contributed by atoms with van der Waals surface area (Å²) in [6, 6.07) is 9.88. The number of benzene rings is 1. The number of nitrogens with zero attached hydrogens (tertiary/aromatic N) is 3. The highest BCUT2D eigenvalue weighted by atomic mass is 16.3. The van der Waals surface area contributed by atoms with E-state index in [-0.39, 0.29) is 30.6 Å². The van der Waals surface area contributed by atoms with Crippen molar-refractivity contribution in [1.82, 2.24) is 20.4 Å². The topological polar surface area (TPSA) is 99.5 Å². The Bertz CT molecular complexity index is 863. The van der Waals surface area contributed by atoms with Crippen LogP contribution in [0.1, 0.15) is 33.0 Å². The number of rotatable bonds is 5. The van der Waals surface area contributed by atoms with Gasteiger partial charge in [-0.25, -0.2) is 0 Å². The first-order chi connectivity index (χ1) is 13.1. The number of fused-ring (bicyclic) bond motifs is 2. The lowest BCUT2D eigenvalue weighted by molar-refractivity contribution is 0.0931. The Balaban J connectivity index is 1.30. The average molecular weight is 369 g/mol. The van der Waals surface area contributed by atoms with E-state index in [0.29, 0.717) is 12.2 Å². The lowest BCUT2D eigenvalue weighted by Crippen LogP contribution is -2.30. The van der Waals surface area contributed by atoms with Crippen molar-refractivity contribution >= 4 is 17.5 Å². The van der Waals surface area contributed by atoms with Crippen LogP contribution in [0, 0.1) is 0 Å². The summed E-state index contributed by atoms with van der Waals surface area (Å²) in [5.74, 6) is -0.634. The molecule has 2 aliphatic heterocycles. The highest BCUT2D eigenvalue weighted by Gasteiger charge is 2.24. The molecule has 2 amide bonds. The molecule has 2 aliphatic rings. The van der Waals surface area contributed by atoms with Crippen LogP contribution in [0.25, 0.3) is 0 Å². The molecule has 2 aromatic rings. The minimum absolute atomic E-state index is 0.184. The maximum absolute atomic E-state index is 12.3. The quantitative estimate of drug-likeness (QED) is 0.653. The van der Waals surface area contributed by atoms with E-state index in [1.165, 1.54) is 22.0 Å². The van der Waals surface area contributed by atoms with Crippen molar-refractivity contribution in [3.05, 3.63) is 47.3 Å². The van der Waals surface area contributed by atoms with E-state index >= 15 is 0 Å². The number of carbonyl (C=O) groups is 2. The monoisotopic (exact) mass is 369 g/mol. The number of hydrogen-bond donors (Lipinski definition) is 3. The molecule has 8 nitrogen and oxygen atoms in total. The third-order valence-corrected chi connectivity index (χ3v) is 5.00. The highest BCUT2D eigenvalue weighted by Crippen LogP contribution is 2.27. The average Bonchev–Trinajstić information content (AvgIpc) is 3.24. The zero-order valence-corrected chi connectivity index (χ0v) is 15.0. The molecule has 1 aromatic carbocycles. The molecule has 8 heteroatoms. The van der Waals surface area contributed by atoms with Gasteiger partial charge in [0, 0.05) is 37.9 Å². The fraction of sp³-hybridized carbons (Fsp3) is 0.421. The maximum Gasteiger partial charge on any atom is 0.271 e.